The molecule has 3 aliphatic heterocycles. The van der Waals surface area contributed by atoms with Gasteiger partial charge in [-0.3, -0.25) is 4.79 Å². The summed E-state index contributed by atoms with van der Waals surface area (Å²) in [5.74, 6) is 0.841. The van der Waals surface area contributed by atoms with Gasteiger partial charge in [-0.2, -0.15) is 9.61 Å². The quantitative estimate of drug-likeness (QED) is 0.219. The molecule has 9 nitrogen and oxygen atoms in total. The van der Waals surface area contributed by atoms with E-state index >= 15 is 0 Å². The second-order valence-electron chi connectivity index (χ2n) is 14.2. The van der Waals surface area contributed by atoms with Crippen molar-refractivity contribution in [2.75, 3.05) is 31.2 Å². The summed E-state index contributed by atoms with van der Waals surface area (Å²) in [6.45, 7) is 20.5. The fraction of sp³-hybridized carbons (Fsp3) is 0.525. The maximum Gasteiger partial charge on any atom is 0.308 e. The van der Waals surface area contributed by atoms with Crippen molar-refractivity contribution < 1.29 is 24.5 Å². The van der Waals surface area contributed by atoms with Gasteiger partial charge in [-0.25, -0.2) is 4.98 Å². The summed E-state index contributed by atoms with van der Waals surface area (Å²) >= 11 is 0. The number of aliphatic carboxylic acids is 1. The number of nitrogens with zero attached hydrogens (tertiary/aromatic N) is 4. The molecule has 0 aliphatic carbocycles. The molecular formula is C40H56N4O5. The smallest absolute Gasteiger partial charge is 0.308 e. The largest absolute Gasteiger partial charge is 0.493 e. The molecule has 7 rings (SSSR count). The molecule has 5 heterocycles. The second-order valence-corrected chi connectivity index (χ2v) is 14.2. The van der Waals surface area contributed by atoms with Crippen LogP contribution in [0.4, 0.5) is 5.82 Å². The number of hydrogen-bond donors (Lipinski definition) is 2. The van der Waals surface area contributed by atoms with E-state index in [4.69, 9.17) is 24.7 Å². The zero-order valence-electron chi connectivity index (χ0n) is 31.0. The number of carboxylic acids is 1. The standard InChI is InChI=1S/C34H40N4O4.C4H10O.C2H6/c1-22-17-28-25-9-8-10-26(19-25)29-21-31-35-24(3)27(20-32(39)40)33(38(31)36-29)37-13-11-34(4,12-14-37)42-16-7-5-6-15-41-30(28)18-23(22)2;1-4(2,3)5;1-2/h8-10,17-19,21H,5-7,11-16,20H2,1-4H3,(H,39,40);5H,1-3H3;1-2H3. The van der Waals surface area contributed by atoms with Crippen LogP contribution in [0.25, 0.3) is 28.0 Å². The molecule has 3 aliphatic rings. The van der Waals surface area contributed by atoms with Gasteiger partial charge in [0.25, 0.3) is 0 Å². The van der Waals surface area contributed by atoms with Crippen LogP contribution < -0.4 is 9.64 Å². The third-order valence-electron chi connectivity index (χ3n) is 8.89. The Morgan fingerprint density at radius 3 is 2.24 bits per heavy atom. The molecular weight excluding hydrogens is 616 g/mol. The van der Waals surface area contributed by atoms with E-state index in [0.717, 1.165) is 91.4 Å². The Hall–Kier alpha value is -3.95. The van der Waals surface area contributed by atoms with Crippen LogP contribution in [0.5, 0.6) is 5.75 Å². The van der Waals surface area contributed by atoms with Gasteiger partial charge in [0.1, 0.15) is 11.6 Å². The van der Waals surface area contributed by atoms with Crippen molar-refractivity contribution >= 4 is 17.4 Å². The van der Waals surface area contributed by atoms with E-state index in [1.165, 1.54) is 11.1 Å². The van der Waals surface area contributed by atoms with Crippen LogP contribution in [0.2, 0.25) is 0 Å². The lowest BCUT2D eigenvalue weighted by Gasteiger charge is -2.41. The predicted molar refractivity (Wildman–Crippen MR) is 198 cm³/mol. The zero-order valence-corrected chi connectivity index (χ0v) is 31.0. The van der Waals surface area contributed by atoms with Gasteiger partial charge in [-0.1, -0.05) is 32.0 Å². The zero-order chi connectivity index (χ0) is 35.9. The fourth-order valence-corrected chi connectivity index (χ4v) is 6.16. The lowest BCUT2D eigenvalue weighted by atomic mass is 9.92. The number of benzene rings is 2. The maximum atomic E-state index is 11.9. The molecule has 0 spiro atoms. The number of ether oxygens (including phenoxy) is 2. The van der Waals surface area contributed by atoms with E-state index in [0.29, 0.717) is 17.8 Å². The van der Waals surface area contributed by atoms with E-state index in [-0.39, 0.29) is 12.0 Å². The highest BCUT2D eigenvalue weighted by Gasteiger charge is 2.33. The average molecular weight is 673 g/mol. The van der Waals surface area contributed by atoms with E-state index in [2.05, 4.69) is 62.1 Å². The number of carboxylic acid groups (broad SMARTS) is 1. The number of aryl methyl sites for hydroxylation is 3. The Morgan fingerprint density at radius 1 is 0.939 bits per heavy atom. The highest BCUT2D eigenvalue weighted by atomic mass is 16.5. The number of aliphatic hydroxyl groups is 1. The Labute approximate surface area is 292 Å². The summed E-state index contributed by atoms with van der Waals surface area (Å²) in [4.78, 5) is 19.0. The Kier molecular flexibility index (Phi) is 12.5. The summed E-state index contributed by atoms with van der Waals surface area (Å²) in [6.07, 6.45) is 4.63. The van der Waals surface area contributed by atoms with Crippen molar-refractivity contribution in [1.29, 1.82) is 0 Å². The van der Waals surface area contributed by atoms with Crippen LogP contribution in [-0.2, 0) is 16.0 Å². The van der Waals surface area contributed by atoms with Gasteiger partial charge in [0.2, 0.25) is 0 Å². The van der Waals surface area contributed by atoms with Crippen LogP contribution in [-0.4, -0.2) is 68.3 Å². The van der Waals surface area contributed by atoms with Gasteiger partial charge >= 0.3 is 5.97 Å². The summed E-state index contributed by atoms with van der Waals surface area (Å²) in [6, 6.07) is 14.7. The van der Waals surface area contributed by atoms with E-state index in [1.54, 1.807) is 20.8 Å². The Balaban J connectivity index is 0.000000710. The van der Waals surface area contributed by atoms with Gasteiger partial charge < -0.3 is 24.6 Å². The van der Waals surface area contributed by atoms with Crippen molar-refractivity contribution in [2.45, 2.75) is 112 Å². The van der Waals surface area contributed by atoms with Gasteiger partial charge in [-0.05, 0) is 115 Å². The first-order valence-corrected chi connectivity index (χ1v) is 17.8. The first kappa shape index (κ1) is 37.9. The molecule has 1 fully saturated rings. The molecule has 2 aromatic carbocycles. The third-order valence-corrected chi connectivity index (χ3v) is 8.89. The molecule has 4 aromatic rings. The lowest BCUT2D eigenvalue weighted by molar-refractivity contribution is -0.136. The fourth-order valence-electron chi connectivity index (χ4n) is 6.16. The van der Waals surface area contributed by atoms with Crippen molar-refractivity contribution in [3.8, 4) is 28.1 Å². The minimum Gasteiger partial charge on any atom is -0.493 e. The monoisotopic (exact) mass is 672 g/mol. The number of hydrogen-bond acceptors (Lipinski definition) is 7. The molecule has 1 saturated heterocycles. The number of piperidine rings is 1. The molecule has 2 N–H and O–H groups in total. The highest BCUT2D eigenvalue weighted by molar-refractivity contribution is 5.78. The molecule has 0 amide bonds. The molecule has 49 heavy (non-hydrogen) atoms. The van der Waals surface area contributed by atoms with Crippen molar-refractivity contribution in [1.82, 2.24) is 14.6 Å². The molecule has 0 radical (unpaired) electrons. The van der Waals surface area contributed by atoms with Crippen LogP contribution in [0.3, 0.4) is 0 Å². The summed E-state index contributed by atoms with van der Waals surface area (Å²) in [5, 5.41) is 23.4. The van der Waals surface area contributed by atoms with Crippen LogP contribution in [0.15, 0.2) is 42.5 Å². The normalized spacial score (nSPS) is 16.1. The molecule has 6 bridgehead atoms. The highest BCUT2D eigenvalue weighted by Crippen LogP contribution is 2.37. The van der Waals surface area contributed by atoms with E-state index in [1.807, 2.05) is 31.4 Å². The van der Waals surface area contributed by atoms with Crippen LogP contribution >= 0.6 is 0 Å². The number of fused-ring (bicyclic) bond motifs is 8. The second kappa shape index (κ2) is 16.2. The van der Waals surface area contributed by atoms with E-state index in [9.17, 15) is 9.90 Å². The molecule has 0 unspecified atom stereocenters. The summed E-state index contributed by atoms with van der Waals surface area (Å²) < 4.78 is 14.7. The number of carbonyl (C=O) groups is 1. The van der Waals surface area contributed by atoms with Crippen molar-refractivity contribution in [3.05, 3.63) is 64.8 Å². The van der Waals surface area contributed by atoms with Gasteiger partial charge in [0.15, 0.2) is 5.65 Å². The molecule has 0 atom stereocenters. The SMILES string of the molecule is CC.CC(C)(C)O.Cc1cc2c(cc1C)-c1cccc(c1)-c1cc3nc(C)c(CC(=O)O)c(n3n1)N1CCC(C)(CC1)OCCCCCO2. The lowest BCUT2D eigenvalue weighted by Crippen LogP contribution is -2.45. The minimum absolute atomic E-state index is 0.103. The summed E-state index contributed by atoms with van der Waals surface area (Å²) in [7, 11) is 0. The number of aromatic nitrogens is 3. The average Bonchev–Trinajstić information content (AvgIpc) is 3.46. The van der Waals surface area contributed by atoms with Gasteiger partial charge in [0, 0.05) is 48.1 Å². The Bertz CT molecular complexity index is 1730. The van der Waals surface area contributed by atoms with Gasteiger partial charge in [-0.15, -0.1) is 0 Å². The topological polar surface area (TPSA) is 109 Å². The van der Waals surface area contributed by atoms with Crippen molar-refractivity contribution in [3.63, 3.8) is 0 Å². The number of rotatable bonds is 2. The number of anilines is 1. The molecule has 0 saturated carbocycles. The molecule has 266 valence electrons. The minimum atomic E-state index is -0.876. The Morgan fingerprint density at radius 2 is 1.57 bits per heavy atom. The van der Waals surface area contributed by atoms with Crippen molar-refractivity contribution in [2.24, 2.45) is 0 Å². The van der Waals surface area contributed by atoms with Gasteiger partial charge in [0.05, 0.1) is 29.9 Å². The first-order chi connectivity index (χ1) is 23.2. The summed E-state index contributed by atoms with van der Waals surface area (Å²) in [5.41, 5.74) is 7.76. The predicted octanol–water partition coefficient (Wildman–Crippen LogP) is 8.36. The first-order valence-electron chi connectivity index (χ1n) is 17.8. The molecule has 2 aromatic heterocycles. The molecule has 9 heteroatoms. The van der Waals surface area contributed by atoms with Crippen LogP contribution in [0, 0.1) is 20.8 Å². The van der Waals surface area contributed by atoms with Crippen LogP contribution in [0.1, 0.15) is 96.0 Å². The van der Waals surface area contributed by atoms with E-state index < -0.39 is 11.6 Å². The third kappa shape index (κ3) is 9.82. The maximum absolute atomic E-state index is 11.9.